The van der Waals surface area contributed by atoms with Crippen LogP contribution in [0.4, 0.5) is 26.3 Å². The third kappa shape index (κ3) is 4.08. The Kier molecular flexibility index (Phi) is 4.85. The number of alkyl halides is 6. The second-order valence-corrected chi connectivity index (χ2v) is 3.14. The first kappa shape index (κ1) is 16.1. The van der Waals surface area contributed by atoms with Crippen LogP contribution >= 0.6 is 12.4 Å². The summed E-state index contributed by atoms with van der Waals surface area (Å²) in [6, 6.07) is 0.483. The Morgan fingerprint density at radius 2 is 1.53 bits per heavy atom. The highest BCUT2D eigenvalue weighted by Gasteiger charge is 2.39. The Balaban J connectivity index is 0.00000256. The molecule has 0 aliphatic heterocycles. The van der Waals surface area contributed by atoms with E-state index in [-0.39, 0.29) is 12.4 Å². The van der Waals surface area contributed by atoms with Crippen molar-refractivity contribution in [2.45, 2.75) is 18.4 Å². The van der Waals surface area contributed by atoms with Crippen LogP contribution in [0.15, 0.2) is 24.3 Å². The minimum Gasteiger partial charge on any atom is -0.316 e. The maximum absolute atomic E-state index is 12.2. The van der Waals surface area contributed by atoms with Crippen LogP contribution < -0.4 is 5.73 Å². The quantitative estimate of drug-likeness (QED) is 0.780. The fourth-order valence-electron chi connectivity index (χ4n) is 1.10. The van der Waals surface area contributed by atoms with Crippen molar-refractivity contribution < 1.29 is 26.3 Å². The molecule has 0 saturated heterocycles. The van der Waals surface area contributed by atoms with Crippen molar-refractivity contribution in [1.82, 2.24) is 0 Å². The Morgan fingerprint density at radius 1 is 1.00 bits per heavy atom. The first-order valence-electron chi connectivity index (χ1n) is 4.12. The monoisotopic (exact) mass is 279 g/mol. The molecule has 0 unspecified atom stereocenters. The van der Waals surface area contributed by atoms with Gasteiger partial charge in [0.05, 0.1) is 5.56 Å². The molecule has 0 heterocycles. The summed E-state index contributed by atoms with van der Waals surface area (Å²) in [5.74, 6) is 0. The smallest absolute Gasteiger partial charge is 0.316 e. The molecular formula is C9H8ClF6N. The number of hydrogen-bond donors (Lipinski definition) is 1. The zero-order valence-electron chi connectivity index (χ0n) is 8.14. The van der Waals surface area contributed by atoms with Gasteiger partial charge in [0, 0.05) is 0 Å². The van der Waals surface area contributed by atoms with E-state index in [4.69, 9.17) is 5.73 Å². The van der Waals surface area contributed by atoms with Gasteiger partial charge in [-0.1, -0.05) is 12.1 Å². The molecule has 1 rings (SSSR count). The van der Waals surface area contributed by atoms with Crippen LogP contribution in [0.3, 0.4) is 0 Å². The SMILES string of the molecule is Cl.N[C@@H](c1cccc(C(F)(F)F)c1)C(F)(F)F. The first-order chi connectivity index (χ1) is 7.12. The van der Waals surface area contributed by atoms with Crippen molar-refractivity contribution >= 4 is 12.4 Å². The molecule has 0 saturated carbocycles. The van der Waals surface area contributed by atoms with Crippen LogP contribution in [0.1, 0.15) is 17.2 Å². The van der Waals surface area contributed by atoms with Crippen LogP contribution in [0.2, 0.25) is 0 Å². The van der Waals surface area contributed by atoms with Crippen molar-refractivity contribution in [3.05, 3.63) is 35.4 Å². The van der Waals surface area contributed by atoms with E-state index in [0.717, 1.165) is 12.1 Å². The van der Waals surface area contributed by atoms with Crippen molar-refractivity contribution in [2.75, 3.05) is 0 Å². The molecule has 0 fully saturated rings. The third-order valence-corrected chi connectivity index (χ3v) is 1.93. The van der Waals surface area contributed by atoms with Crippen LogP contribution in [0, 0.1) is 0 Å². The molecule has 1 aromatic rings. The van der Waals surface area contributed by atoms with Crippen molar-refractivity contribution in [3.8, 4) is 0 Å². The van der Waals surface area contributed by atoms with Crippen LogP contribution in [-0.2, 0) is 6.18 Å². The summed E-state index contributed by atoms with van der Waals surface area (Å²) in [5.41, 5.74) is 3.03. The van der Waals surface area contributed by atoms with Crippen LogP contribution in [-0.4, -0.2) is 6.18 Å². The number of halogens is 7. The lowest BCUT2D eigenvalue weighted by atomic mass is 10.0. The summed E-state index contributed by atoms with van der Waals surface area (Å²) in [4.78, 5) is 0. The Morgan fingerprint density at radius 3 is 1.94 bits per heavy atom. The summed E-state index contributed by atoms with van der Waals surface area (Å²) in [6.45, 7) is 0. The predicted octanol–water partition coefficient (Wildman–Crippen LogP) is 3.69. The molecule has 1 nitrogen and oxygen atoms in total. The third-order valence-electron chi connectivity index (χ3n) is 1.93. The molecule has 0 aliphatic rings. The number of nitrogens with two attached hydrogens (primary N) is 1. The Bertz CT molecular complexity index is 372. The van der Waals surface area contributed by atoms with Gasteiger partial charge in [0.2, 0.25) is 0 Å². The number of benzene rings is 1. The van der Waals surface area contributed by atoms with Gasteiger partial charge < -0.3 is 5.73 Å². The van der Waals surface area contributed by atoms with E-state index in [1.165, 1.54) is 0 Å². The summed E-state index contributed by atoms with van der Waals surface area (Å²) in [7, 11) is 0. The lowest BCUT2D eigenvalue weighted by Gasteiger charge is -2.17. The zero-order chi connectivity index (χ0) is 12.6. The fourth-order valence-corrected chi connectivity index (χ4v) is 1.10. The minimum atomic E-state index is -4.76. The molecule has 1 aromatic carbocycles. The van der Waals surface area contributed by atoms with Gasteiger partial charge in [-0.2, -0.15) is 26.3 Å². The predicted molar refractivity (Wildman–Crippen MR) is 51.7 cm³/mol. The zero-order valence-corrected chi connectivity index (χ0v) is 8.96. The molecule has 17 heavy (non-hydrogen) atoms. The highest BCUT2D eigenvalue weighted by molar-refractivity contribution is 5.85. The molecule has 98 valence electrons. The van der Waals surface area contributed by atoms with E-state index in [9.17, 15) is 26.3 Å². The molecular weight excluding hydrogens is 272 g/mol. The van der Waals surface area contributed by atoms with Crippen LogP contribution in [0.25, 0.3) is 0 Å². The molecule has 0 spiro atoms. The first-order valence-corrected chi connectivity index (χ1v) is 4.12. The standard InChI is InChI=1S/C9H7F6N.ClH/c10-8(11,12)6-3-1-2-5(4-6)7(16)9(13,14)15;/h1-4,7H,16H2;1H/t7-;/m0./s1. The van der Waals surface area contributed by atoms with Gasteiger partial charge in [-0.15, -0.1) is 12.4 Å². The normalized spacial score (nSPS) is 14.1. The summed E-state index contributed by atoms with van der Waals surface area (Å²) in [6.07, 6.45) is -9.44. The highest BCUT2D eigenvalue weighted by atomic mass is 35.5. The van der Waals surface area contributed by atoms with E-state index in [0.29, 0.717) is 12.1 Å². The molecule has 0 amide bonds. The minimum absolute atomic E-state index is 0. The van der Waals surface area contributed by atoms with E-state index < -0.39 is 29.5 Å². The van der Waals surface area contributed by atoms with E-state index in [2.05, 4.69) is 0 Å². The second kappa shape index (κ2) is 5.14. The van der Waals surface area contributed by atoms with Crippen molar-refractivity contribution in [3.63, 3.8) is 0 Å². The average molecular weight is 280 g/mol. The number of rotatable bonds is 1. The molecule has 2 N–H and O–H groups in total. The van der Waals surface area contributed by atoms with Gasteiger partial charge in [-0.25, -0.2) is 0 Å². The average Bonchev–Trinajstić information content (AvgIpc) is 2.14. The summed E-state index contributed by atoms with van der Waals surface area (Å²) >= 11 is 0. The van der Waals surface area contributed by atoms with Gasteiger partial charge in [-0.05, 0) is 17.7 Å². The Labute approximate surface area is 99.0 Å². The van der Waals surface area contributed by atoms with Gasteiger partial charge >= 0.3 is 12.4 Å². The van der Waals surface area contributed by atoms with Crippen molar-refractivity contribution in [1.29, 1.82) is 0 Å². The fraction of sp³-hybridized carbons (Fsp3) is 0.333. The lowest BCUT2D eigenvalue weighted by Crippen LogP contribution is -2.28. The topological polar surface area (TPSA) is 26.0 Å². The second-order valence-electron chi connectivity index (χ2n) is 3.14. The molecule has 0 aromatic heterocycles. The molecule has 8 heteroatoms. The van der Waals surface area contributed by atoms with Gasteiger partial charge in [0.15, 0.2) is 0 Å². The molecule has 0 aliphatic carbocycles. The Hall–Kier alpha value is -0.950. The van der Waals surface area contributed by atoms with Crippen LogP contribution in [0.5, 0.6) is 0 Å². The lowest BCUT2D eigenvalue weighted by molar-refractivity contribution is -0.150. The molecule has 1 atom stereocenters. The maximum Gasteiger partial charge on any atom is 0.416 e. The highest BCUT2D eigenvalue weighted by Crippen LogP contribution is 2.34. The summed E-state index contributed by atoms with van der Waals surface area (Å²) in [5, 5.41) is 0. The molecule has 0 radical (unpaired) electrons. The largest absolute Gasteiger partial charge is 0.416 e. The van der Waals surface area contributed by atoms with Gasteiger partial charge in [0.1, 0.15) is 6.04 Å². The maximum atomic E-state index is 12.2. The van der Waals surface area contributed by atoms with Gasteiger partial charge in [0.25, 0.3) is 0 Å². The van der Waals surface area contributed by atoms with E-state index in [1.807, 2.05) is 0 Å². The number of hydrogen-bond acceptors (Lipinski definition) is 1. The molecule has 0 bridgehead atoms. The van der Waals surface area contributed by atoms with Crippen molar-refractivity contribution in [2.24, 2.45) is 5.73 Å². The summed E-state index contributed by atoms with van der Waals surface area (Å²) < 4.78 is 73.1. The van der Waals surface area contributed by atoms with E-state index >= 15 is 0 Å². The van der Waals surface area contributed by atoms with Gasteiger partial charge in [-0.3, -0.25) is 0 Å². The van der Waals surface area contributed by atoms with E-state index in [1.54, 1.807) is 0 Å².